The molecule has 8 heteroatoms. The predicted octanol–water partition coefficient (Wildman–Crippen LogP) is 4.85. The van der Waals surface area contributed by atoms with E-state index in [1.54, 1.807) is 18.2 Å². The SMILES string of the molecule is COc1cc(C#N)ccc1OCCCC(=O)Nc1c(C)cccc1-c1nc(C(C)C)no1. The van der Waals surface area contributed by atoms with Gasteiger partial charge in [0, 0.05) is 18.4 Å². The third-order valence-electron chi connectivity index (χ3n) is 4.82. The van der Waals surface area contributed by atoms with Crippen molar-refractivity contribution < 1.29 is 18.8 Å². The molecule has 0 aliphatic rings. The number of ether oxygens (including phenoxy) is 2. The third kappa shape index (κ3) is 5.43. The molecule has 0 aliphatic heterocycles. The Bertz CT molecular complexity index is 1130. The van der Waals surface area contributed by atoms with Gasteiger partial charge in [0.15, 0.2) is 17.3 Å². The first-order valence-electron chi connectivity index (χ1n) is 10.4. The number of para-hydroxylation sites is 1. The number of aromatic nitrogens is 2. The summed E-state index contributed by atoms with van der Waals surface area (Å²) >= 11 is 0. The average molecular weight is 434 g/mol. The van der Waals surface area contributed by atoms with Crippen molar-refractivity contribution in [3.8, 4) is 29.0 Å². The number of nitriles is 1. The lowest BCUT2D eigenvalue weighted by Gasteiger charge is -2.13. The van der Waals surface area contributed by atoms with Gasteiger partial charge in [0.25, 0.3) is 5.89 Å². The molecule has 0 saturated heterocycles. The summed E-state index contributed by atoms with van der Waals surface area (Å²) in [5.74, 6) is 2.02. The molecule has 3 aromatic rings. The van der Waals surface area contributed by atoms with E-state index in [1.807, 2.05) is 39.0 Å². The summed E-state index contributed by atoms with van der Waals surface area (Å²) < 4.78 is 16.4. The molecule has 0 spiro atoms. The van der Waals surface area contributed by atoms with E-state index in [0.29, 0.717) is 53.1 Å². The lowest BCUT2D eigenvalue weighted by molar-refractivity contribution is -0.116. The summed E-state index contributed by atoms with van der Waals surface area (Å²) in [5.41, 5.74) is 2.74. The summed E-state index contributed by atoms with van der Waals surface area (Å²) in [6.07, 6.45) is 0.779. The molecule has 32 heavy (non-hydrogen) atoms. The molecule has 166 valence electrons. The predicted molar refractivity (Wildman–Crippen MR) is 120 cm³/mol. The first-order chi connectivity index (χ1) is 15.4. The van der Waals surface area contributed by atoms with Crippen LogP contribution in [-0.2, 0) is 4.79 Å². The van der Waals surface area contributed by atoms with E-state index < -0.39 is 0 Å². The highest BCUT2D eigenvalue weighted by atomic mass is 16.5. The van der Waals surface area contributed by atoms with Crippen LogP contribution in [0, 0.1) is 18.3 Å². The maximum atomic E-state index is 12.6. The highest BCUT2D eigenvalue weighted by Crippen LogP contribution is 2.31. The molecule has 0 unspecified atom stereocenters. The minimum Gasteiger partial charge on any atom is -0.493 e. The Morgan fingerprint density at radius 2 is 2.06 bits per heavy atom. The fraction of sp³-hybridized carbons (Fsp3) is 0.333. The number of carbonyl (C=O) groups excluding carboxylic acids is 1. The second kappa shape index (κ2) is 10.4. The molecular weight excluding hydrogens is 408 g/mol. The summed E-state index contributed by atoms with van der Waals surface area (Å²) in [7, 11) is 1.52. The van der Waals surface area contributed by atoms with Gasteiger partial charge in [-0.05, 0) is 37.1 Å². The van der Waals surface area contributed by atoms with Crippen molar-refractivity contribution in [2.75, 3.05) is 19.0 Å². The van der Waals surface area contributed by atoms with Crippen LogP contribution in [0.3, 0.4) is 0 Å². The number of benzene rings is 2. The number of hydrogen-bond acceptors (Lipinski definition) is 7. The molecule has 1 amide bonds. The molecule has 0 fully saturated rings. The Balaban J connectivity index is 1.60. The Hall–Kier alpha value is -3.86. The minimum absolute atomic E-state index is 0.139. The number of aryl methyl sites for hydroxylation is 1. The lowest BCUT2D eigenvalue weighted by Crippen LogP contribution is -2.14. The largest absolute Gasteiger partial charge is 0.493 e. The van der Waals surface area contributed by atoms with E-state index in [9.17, 15) is 4.79 Å². The highest BCUT2D eigenvalue weighted by Gasteiger charge is 2.17. The van der Waals surface area contributed by atoms with Crippen LogP contribution in [0.15, 0.2) is 40.9 Å². The molecule has 0 atom stereocenters. The summed E-state index contributed by atoms with van der Waals surface area (Å²) in [5, 5.41) is 16.0. The van der Waals surface area contributed by atoms with Crippen LogP contribution in [-0.4, -0.2) is 29.8 Å². The first-order valence-corrected chi connectivity index (χ1v) is 10.4. The van der Waals surface area contributed by atoms with Crippen LogP contribution in [0.1, 0.15) is 49.6 Å². The van der Waals surface area contributed by atoms with Crippen LogP contribution in [0.2, 0.25) is 0 Å². The van der Waals surface area contributed by atoms with Crippen LogP contribution >= 0.6 is 0 Å². The smallest absolute Gasteiger partial charge is 0.260 e. The average Bonchev–Trinajstić information content (AvgIpc) is 3.28. The quantitative estimate of drug-likeness (QED) is 0.479. The van der Waals surface area contributed by atoms with Gasteiger partial charge in [-0.2, -0.15) is 10.2 Å². The normalized spacial score (nSPS) is 10.6. The molecule has 2 aromatic carbocycles. The zero-order chi connectivity index (χ0) is 23.1. The zero-order valence-electron chi connectivity index (χ0n) is 18.6. The number of nitrogens with zero attached hydrogens (tertiary/aromatic N) is 3. The van der Waals surface area contributed by atoms with Crippen molar-refractivity contribution in [2.45, 2.75) is 39.5 Å². The summed E-state index contributed by atoms with van der Waals surface area (Å²) in [6, 6.07) is 12.7. The molecule has 1 N–H and O–H groups in total. The van der Waals surface area contributed by atoms with Gasteiger partial charge in [-0.3, -0.25) is 4.79 Å². The van der Waals surface area contributed by atoms with Gasteiger partial charge in [0.05, 0.1) is 36.6 Å². The van der Waals surface area contributed by atoms with Gasteiger partial charge < -0.3 is 19.3 Å². The first kappa shape index (κ1) is 22.8. The standard InChI is InChI=1S/C24H26N4O4/c1-15(2)23-27-24(32-28-23)18-8-5-7-16(3)22(18)26-21(29)9-6-12-31-19-11-10-17(14-25)13-20(19)30-4/h5,7-8,10-11,13,15H,6,9,12H2,1-4H3,(H,26,29). The van der Waals surface area contributed by atoms with E-state index >= 15 is 0 Å². The molecular formula is C24H26N4O4. The van der Waals surface area contributed by atoms with Crippen molar-refractivity contribution >= 4 is 11.6 Å². The van der Waals surface area contributed by atoms with E-state index in [2.05, 4.69) is 21.5 Å². The second-order valence-corrected chi connectivity index (χ2v) is 7.59. The second-order valence-electron chi connectivity index (χ2n) is 7.59. The van der Waals surface area contributed by atoms with Crippen molar-refractivity contribution in [1.29, 1.82) is 5.26 Å². The van der Waals surface area contributed by atoms with Gasteiger partial charge in [0.1, 0.15) is 0 Å². The number of anilines is 1. The Morgan fingerprint density at radius 1 is 1.25 bits per heavy atom. The molecule has 8 nitrogen and oxygen atoms in total. The summed E-state index contributed by atoms with van der Waals surface area (Å²) in [4.78, 5) is 17.0. The monoisotopic (exact) mass is 434 g/mol. The van der Waals surface area contributed by atoms with E-state index in [-0.39, 0.29) is 18.2 Å². The van der Waals surface area contributed by atoms with Gasteiger partial charge in [0.2, 0.25) is 5.91 Å². The van der Waals surface area contributed by atoms with Gasteiger partial charge >= 0.3 is 0 Å². The number of hydrogen-bond donors (Lipinski definition) is 1. The molecule has 3 rings (SSSR count). The van der Waals surface area contributed by atoms with E-state index in [4.69, 9.17) is 19.3 Å². The molecule has 0 aliphatic carbocycles. The van der Waals surface area contributed by atoms with Crippen molar-refractivity contribution in [3.05, 3.63) is 53.3 Å². The van der Waals surface area contributed by atoms with Crippen LogP contribution in [0.4, 0.5) is 5.69 Å². The fourth-order valence-corrected chi connectivity index (χ4v) is 3.06. The number of amides is 1. The molecule has 1 aromatic heterocycles. The van der Waals surface area contributed by atoms with Gasteiger partial charge in [-0.1, -0.05) is 31.1 Å². The molecule has 0 radical (unpaired) electrons. The molecule has 0 saturated carbocycles. The maximum absolute atomic E-state index is 12.6. The number of methoxy groups -OCH3 is 1. The molecule has 1 heterocycles. The molecule has 0 bridgehead atoms. The fourth-order valence-electron chi connectivity index (χ4n) is 3.06. The zero-order valence-corrected chi connectivity index (χ0v) is 18.6. The highest BCUT2D eigenvalue weighted by molar-refractivity contribution is 5.95. The topological polar surface area (TPSA) is 110 Å². The Labute approximate surface area is 187 Å². The Morgan fingerprint density at radius 3 is 2.75 bits per heavy atom. The minimum atomic E-state index is -0.139. The number of nitrogens with one attached hydrogen (secondary N) is 1. The lowest BCUT2D eigenvalue weighted by atomic mass is 10.1. The van der Waals surface area contributed by atoms with Crippen molar-refractivity contribution in [1.82, 2.24) is 10.1 Å². The maximum Gasteiger partial charge on any atom is 0.260 e. The van der Waals surface area contributed by atoms with Crippen LogP contribution < -0.4 is 14.8 Å². The van der Waals surface area contributed by atoms with Crippen LogP contribution in [0.25, 0.3) is 11.5 Å². The Kier molecular flexibility index (Phi) is 7.45. The number of carbonyl (C=O) groups is 1. The van der Waals surface area contributed by atoms with Gasteiger partial charge in [-0.25, -0.2) is 0 Å². The van der Waals surface area contributed by atoms with E-state index in [1.165, 1.54) is 7.11 Å². The third-order valence-corrected chi connectivity index (χ3v) is 4.82. The van der Waals surface area contributed by atoms with E-state index in [0.717, 1.165) is 5.56 Å². The summed E-state index contributed by atoms with van der Waals surface area (Å²) in [6.45, 7) is 6.23. The number of rotatable bonds is 9. The van der Waals surface area contributed by atoms with Crippen molar-refractivity contribution in [2.24, 2.45) is 0 Å². The van der Waals surface area contributed by atoms with Crippen molar-refractivity contribution in [3.63, 3.8) is 0 Å². The van der Waals surface area contributed by atoms with Crippen LogP contribution in [0.5, 0.6) is 11.5 Å². The van der Waals surface area contributed by atoms with Gasteiger partial charge in [-0.15, -0.1) is 0 Å².